The zero-order valence-electron chi connectivity index (χ0n) is 18.7. The highest BCUT2D eigenvalue weighted by Crippen LogP contribution is 2.32. The molecule has 1 amide bonds. The summed E-state index contributed by atoms with van der Waals surface area (Å²) in [4.78, 5) is 24.2. The van der Waals surface area contributed by atoms with Crippen molar-refractivity contribution in [3.05, 3.63) is 65.8 Å². The van der Waals surface area contributed by atoms with Crippen molar-refractivity contribution >= 4 is 32.6 Å². The van der Waals surface area contributed by atoms with Crippen molar-refractivity contribution in [1.82, 2.24) is 15.1 Å². The highest BCUT2D eigenvalue weighted by molar-refractivity contribution is 7.22. The number of aromatic nitrogens is 3. The fraction of sp³-hybridized carbons (Fsp3) is 0.333. The average Bonchev–Trinajstić information content (AvgIpc) is 3.43. The van der Waals surface area contributed by atoms with Crippen molar-refractivity contribution in [2.24, 2.45) is 0 Å². The Bertz CT molecular complexity index is 1210. The van der Waals surface area contributed by atoms with Gasteiger partial charge in [-0.1, -0.05) is 67.6 Å². The maximum absolute atomic E-state index is 13.3. The van der Waals surface area contributed by atoms with Crippen LogP contribution in [0.5, 0.6) is 5.75 Å². The Labute approximate surface area is 191 Å². The third-order valence-corrected chi connectivity index (χ3v) is 6.03. The zero-order valence-corrected chi connectivity index (χ0v) is 19.5. The van der Waals surface area contributed by atoms with E-state index in [4.69, 9.17) is 14.2 Å². The first-order valence-corrected chi connectivity index (χ1v) is 11.3. The maximum Gasteiger partial charge on any atom is 0.229 e. The number of carbonyl (C=O) groups excluding carboxylic acids is 1. The fourth-order valence-electron chi connectivity index (χ4n) is 3.17. The van der Waals surface area contributed by atoms with Gasteiger partial charge in [0.05, 0.1) is 23.9 Å². The van der Waals surface area contributed by atoms with E-state index in [1.807, 2.05) is 69.3 Å². The molecule has 0 fully saturated rings. The van der Waals surface area contributed by atoms with Gasteiger partial charge < -0.3 is 9.26 Å². The van der Waals surface area contributed by atoms with Crippen LogP contribution < -0.4 is 9.64 Å². The minimum atomic E-state index is -0.201. The minimum Gasteiger partial charge on any atom is -0.497 e. The molecule has 4 aromatic rings. The molecule has 32 heavy (non-hydrogen) atoms. The maximum atomic E-state index is 13.3. The monoisotopic (exact) mass is 450 g/mol. The van der Waals surface area contributed by atoms with Gasteiger partial charge in [-0.25, -0.2) is 4.98 Å². The van der Waals surface area contributed by atoms with E-state index in [1.165, 1.54) is 11.3 Å². The first-order valence-electron chi connectivity index (χ1n) is 10.5. The van der Waals surface area contributed by atoms with E-state index in [0.717, 1.165) is 21.5 Å². The van der Waals surface area contributed by atoms with Crippen molar-refractivity contribution < 1.29 is 14.1 Å². The van der Waals surface area contributed by atoms with Crippen LogP contribution in [0.1, 0.15) is 44.5 Å². The molecule has 8 heteroatoms. The van der Waals surface area contributed by atoms with Gasteiger partial charge in [0.15, 0.2) is 11.0 Å². The van der Waals surface area contributed by atoms with Crippen molar-refractivity contribution in [2.75, 3.05) is 12.0 Å². The van der Waals surface area contributed by atoms with Crippen LogP contribution in [0.3, 0.4) is 0 Å². The Hall–Kier alpha value is -3.26. The normalized spacial score (nSPS) is 11.6. The van der Waals surface area contributed by atoms with Gasteiger partial charge in [0.25, 0.3) is 0 Å². The number of carbonyl (C=O) groups is 1. The molecule has 0 saturated heterocycles. The molecule has 0 aliphatic heterocycles. The van der Waals surface area contributed by atoms with Crippen LogP contribution in [0.25, 0.3) is 10.2 Å². The number of amides is 1. The zero-order chi connectivity index (χ0) is 22.7. The number of benzene rings is 2. The number of anilines is 1. The molecule has 7 nitrogen and oxygen atoms in total. The largest absolute Gasteiger partial charge is 0.497 e. The van der Waals surface area contributed by atoms with Gasteiger partial charge in [0, 0.05) is 18.3 Å². The van der Waals surface area contributed by atoms with E-state index in [2.05, 4.69) is 10.1 Å². The summed E-state index contributed by atoms with van der Waals surface area (Å²) in [7, 11) is 1.64. The fourth-order valence-corrected chi connectivity index (χ4v) is 4.18. The molecule has 0 saturated carbocycles. The molecule has 2 aromatic heterocycles. The van der Waals surface area contributed by atoms with Crippen molar-refractivity contribution in [3.8, 4) is 5.75 Å². The van der Waals surface area contributed by atoms with Crippen LogP contribution >= 0.6 is 11.3 Å². The van der Waals surface area contributed by atoms with E-state index in [1.54, 1.807) is 12.0 Å². The standard InChI is InChI=1S/C24H26N4O3S/c1-24(2,3)22-26-20(31-27-22)12-13-21(29)28(15-16-8-6-5-7-9-16)23-25-18-11-10-17(30-4)14-19(18)32-23/h5-11,14H,12-13,15H2,1-4H3. The number of nitrogens with zero attached hydrogens (tertiary/aromatic N) is 4. The predicted octanol–water partition coefficient (Wildman–Crippen LogP) is 5.15. The lowest BCUT2D eigenvalue weighted by atomic mass is 9.96. The SMILES string of the molecule is COc1ccc2nc(N(Cc3ccccc3)C(=O)CCc3nc(C(C)(C)C)no3)sc2c1. The quantitative estimate of drug-likeness (QED) is 0.387. The van der Waals surface area contributed by atoms with Gasteiger partial charge in [0.1, 0.15) is 5.75 Å². The summed E-state index contributed by atoms with van der Waals surface area (Å²) >= 11 is 1.47. The second-order valence-corrected chi connectivity index (χ2v) is 9.57. The van der Waals surface area contributed by atoms with Gasteiger partial charge in [-0.15, -0.1) is 0 Å². The summed E-state index contributed by atoms with van der Waals surface area (Å²) in [5, 5.41) is 4.70. The molecule has 0 aliphatic carbocycles. The number of fused-ring (bicyclic) bond motifs is 1. The molecule has 0 bridgehead atoms. The molecule has 0 atom stereocenters. The van der Waals surface area contributed by atoms with E-state index in [0.29, 0.717) is 29.8 Å². The summed E-state index contributed by atoms with van der Waals surface area (Å²) < 4.78 is 11.7. The van der Waals surface area contributed by atoms with Gasteiger partial charge in [-0.2, -0.15) is 4.98 Å². The molecule has 0 radical (unpaired) electrons. The lowest BCUT2D eigenvalue weighted by Crippen LogP contribution is -2.30. The van der Waals surface area contributed by atoms with Crippen LogP contribution in [0.2, 0.25) is 0 Å². The molecular weight excluding hydrogens is 424 g/mol. The number of ether oxygens (including phenoxy) is 1. The molecule has 0 unspecified atom stereocenters. The third kappa shape index (κ3) is 4.96. The highest BCUT2D eigenvalue weighted by atomic mass is 32.1. The molecule has 4 rings (SSSR count). The van der Waals surface area contributed by atoms with Crippen LogP contribution in [0, 0.1) is 0 Å². The molecule has 0 aliphatic rings. The average molecular weight is 451 g/mol. The number of rotatable bonds is 7. The summed E-state index contributed by atoms with van der Waals surface area (Å²) in [5.74, 6) is 1.83. The molecule has 2 heterocycles. The first kappa shape index (κ1) is 22.0. The van der Waals surface area contributed by atoms with Crippen molar-refractivity contribution in [3.63, 3.8) is 0 Å². The Morgan fingerprint density at radius 1 is 1.12 bits per heavy atom. The third-order valence-electron chi connectivity index (χ3n) is 4.99. The summed E-state index contributed by atoms with van der Waals surface area (Å²) in [5.41, 5.74) is 1.67. The lowest BCUT2D eigenvalue weighted by Gasteiger charge is -2.19. The second-order valence-electron chi connectivity index (χ2n) is 8.56. The number of hydrogen-bond acceptors (Lipinski definition) is 7. The van der Waals surface area contributed by atoms with Crippen LogP contribution in [-0.2, 0) is 23.2 Å². The summed E-state index contributed by atoms with van der Waals surface area (Å²) in [6, 6.07) is 15.6. The summed E-state index contributed by atoms with van der Waals surface area (Å²) in [6.45, 7) is 6.51. The van der Waals surface area contributed by atoms with Gasteiger partial charge in [-0.05, 0) is 23.8 Å². The van der Waals surface area contributed by atoms with E-state index >= 15 is 0 Å². The van der Waals surface area contributed by atoms with Crippen LogP contribution in [0.15, 0.2) is 53.1 Å². The topological polar surface area (TPSA) is 81.4 Å². The van der Waals surface area contributed by atoms with Crippen LogP contribution in [0.4, 0.5) is 5.13 Å². The molecular formula is C24H26N4O3S. The predicted molar refractivity (Wildman–Crippen MR) is 125 cm³/mol. The molecule has 0 spiro atoms. The van der Waals surface area contributed by atoms with E-state index in [-0.39, 0.29) is 17.7 Å². The van der Waals surface area contributed by atoms with Crippen LogP contribution in [-0.4, -0.2) is 28.1 Å². The molecule has 0 N–H and O–H groups in total. The Morgan fingerprint density at radius 3 is 2.59 bits per heavy atom. The van der Waals surface area contributed by atoms with E-state index in [9.17, 15) is 4.79 Å². The Morgan fingerprint density at radius 2 is 1.91 bits per heavy atom. The highest BCUT2D eigenvalue weighted by Gasteiger charge is 2.24. The first-order chi connectivity index (χ1) is 15.3. The smallest absolute Gasteiger partial charge is 0.229 e. The molecule has 166 valence electrons. The number of hydrogen-bond donors (Lipinski definition) is 0. The minimum absolute atomic E-state index is 0.0459. The lowest BCUT2D eigenvalue weighted by molar-refractivity contribution is -0.118. The van der Waals surface area contributed by atoms with Gasteiger partial charge in [-0.3, -0.25) is 9.69 Å². The number of thiazole rings is 1. The van der Waals surface area contributed by atoms with E-state index < -0.39 is 0 Å². The second kappa shape index (κ2) is 9.08. The van der Waals surface area contributed by atoms with Crippen molar-refractivity contribution in [2.45, 2.75) is 45.6 Å². The van der Waals surface area contributed by atoms with Gasteiger partial charge in [0.2, 0.25) is 11.8 Å². The molecule has 2 aromatic carbocycles. The Balaban J connectivity index is 1.57. The van der Waals surface area contributed by atoms with Gasteiger partial charge >= 0.3 is 0 Å². The van der Waals surface area contributed by atoms with Crippen molar-refractivity contribution in [1.29, 1.82) is 0 Å². The Kier molecular flexibility index (Phi) is 6.23. The number of aryl methyl sites for hydroxylation is 1. The number of methoxy groups -OCH3 is 1. The summed E-state index contributed by atoms with van der Waals surface area (Å²) in [6.07, 6.45) is 0.629.